The largest absolute Gasteiger partial charge is 0.467 e. The van der Waals surface area contributed by atoms with E-state index < -0.39 is 0 Å². The molecule has 1 aliphatic heterocycles. The van der Waals surface area contributed by atoms with Gasteiger partial charge in [-0.2, -0.15) is 10.4 Å². The Hall–Kier alpha value is -2.72. The van der Waals surface area contributed by atoms with Crippen LogP contribution in [0.25, 0.3) is 0 Å². The fraction of sp³-hybridized carbons (Fsp3) is 0.389. The number of nitrogens with one attached hydrogen (secondary N) is 1. The Balaban J connectivity index is 1.90. The second-order valence-corrected chi connectivity index (χ2v) is 5.69. The molecule has 25 heavy (non-hydrogen) atoms. The molecule has 1 aliphatic rings. The summed E-state index contributed by atoms with van der Waals surface area (Å²) in [5, 5.41) is 21.0. The molecule has 0 bridgehead atoms. The van der Waals surface area contributed by atoms with Crippen LogP contribution in [0.1, 0.15) is 41.8 Å². The molecule has 0 fully saturated rings. The Morgan fingerprint density at radius 2 is 2.12 bits per heavy atom. The number of hydrogen-bond donors (Lipinski definition) is 1. The maximum Gasteiger partial charge on any atom is 0.189 e. The Bertz CT molecular complexity index is 833. The molecule has 0 aliphatic carbocycles. The highest BCUT2D eigenvalue weighted by atomic mass is 19.1. The molecule has 1 aromatic carbocycles. The second-order valence-electron chi connectivity index (χ2n) is 5.69. The topological polar surface area (TPSA) is 80.1 Å². The van der Waals surface area contributed by atoms with Gasteiger partial charge in [-0.05, 0) is 30.5 Å². The van der Waals surface area contributed by atoms with Crippen LogP contribution in [0.3, 0.4) is 0 Å². The highest BCUT2D eigenvalue weighted by molar-refractivity contribution is 5.57. The summed E-state index contributed by atoms with van der Waals surface area (Å²) in [6.07, 6.45) is 1.42. The van der Waals surface area contributed by atoms with E-state index in [1.807, 2.05) is 13.8 Å². The Morgan fingerprint density at radius 3 is 2.84 bits per heavy atom. The monoisotopic (exact) mass is 342 g/mol. The average Bonchev–Trinajstić information content (AvgIpc) is 2.64. The lowest BCUT2D eigenvalue weighted by molar-refractivity contribution is -0.0172. The summed E-state index contributed by atoms with van der Waals surface area (Å²) in [5.74, 6) is 0.668. The van der Waals surface area contributed by atoms with Crippen molar-refractivity contribution in [3.8, 4) is 11.8 Å². The first kappa shape index (κ1) is 17.1. The summed E-state index contributed by atoms with van der Waals surface area (Å²) in [7, 11) is 0. The Morgan fingerprint density at radius 1 is 1.28 bits per heavy atom. The molecule has 3 rings (SSSR count). The number of anilines is 1. The van der Waals surface area contributed by atoms with Crippen molar-refractivity contribution in [3.05, 3.63) is 45.9 Å². The minimum atomic E-state index is -0.355. The predicted molar refractivity (Wildman–Crippen MR) is 89.5 cm³/mol. The smallest absolute Gasteiger partial charge is 0.189 e. The SMILES string of the molecule is CCc1nnc(NCc2cc(F)cc3c2OCOC3)c(C#N)c1CC. The van der Waals surface area contributed by atoms with Crippen molar-refractivity contribution in [3.63, 3.8) is 0 Å². The molecule has 0 spiro atoms. The highest BCUT2D eigenvalue weighted by Gasteiger charge is 2.18. The minimum absolute atomic E-state index is 0.139. The zero-order valence-corrected chi connectivity index (χ0v) is 14.2. The third-order valence-electron chi connectivity index (χ3n) is 4.16. The zero-order valence-electron chi connectivity index (χ0n) is 14.2. The van der Waals surface area contributed by atoms with Gasteiger partial charge < -0.3 is 14.8 Å². The molecule has 6 nitrogen and oxygen atoms in total. The highest BCUT2D eigenvalue weighted by Crippen LogP contribution is 2.30. The molecule has 1 N–H and O–H groups in total. The number of fused-ring (bicyclic) bond motifs is 1. The van der Waals surface area contributed by atoms with Gasteiger partial charge in [-0.1, -0.05) is 13.8 Å². The van der Waals surface area contributed by atoms with Crippen molar-refractivity contribution in [2.75, 3.05) is 12.1 Å². The first-order valence-corrected chi connectivity index (χ1v) is 8.22. The molecule has 0 saturated heterocycles. The van der Waals surface area contributed by atoms with Crippen LogP contribution >= 0.6 is 0 Å². The molecule has 0 unspecified atom stereocenters. The summed E-state index contributed by atoms with van der Waals surface area (Å²) in [4.78, 5) is 0. The number of aryl methyl sites for hydroxylation is 1. The molecule has 7 heteroatoms. The molecular weight excluding hydrogens is 323 g/mol. The van der Waals surface area contributed by atoms with Gasteiger partial charge in [0.1, 0.15) is 23.2 Å². The Labute approximate surface area is 145 Å². The van der Waals surface area contributed by atoms with Crippen molar-refractivity contribution >= 4 is 5.82 Å². The molecule has 0 atom stereocenters. The first-order chi connectivity index (χ1) is 12.2. The van der Waals surface area contributed by atoms with Crippen molar-refractivity contribution in [1.82, 2.24) is 10.2 Å². The van der Waals surface area contributed by atoms with Gasteiger partial charge in [-0.3, -0.25) is 0 Å². The molecule has 2 heterocycles. The van der Waals surface area contributed by atoms with Crippen LogP contribution in [0.4, 0.5) is 10.2 Å². The lowest BCUT2D eigenvalue weighted by atomic mass is 10.0. The maximum absolute atomic E-state index is 13.8. The van der Waals surface area contributed by atoms with Crippen molar-refractivity contribution in [2.45, 2.75) is 39.8 Å². The van der Waals surface area contributed by atoms with E-state index >= 15 is 0 Å². The van der Waals surface area contributed by atoms with Gasteiger partial charge in [0.15, 0.2) is 12.6 Å². The molecule has 2 aromatic rings. The van der Waals surface area contributed by atoms with Crippen LogP contribution in [0.15, 0.2) is 12.1 Å². The number of benzene rings is 1. The van der Waals surface area contributed by atoms with E-state index in [0.29, 0.717) is 41.3 Å². The molecule has 130 valence electrons. The number of nitriles is 1. The average molecular weight is 342 g/mol. The number of halogens is 1. The van der Waals surface area contributed by atoms with E-state index in [1.54, 1.807) is 0 Å². The van der Waals surface area contributed by atoms with Gasteiger partial charge in [-0.25, -0.2) is 4.39 Å². The second kappa shape index (κ2) is 7.45. The summed E-state index contributed by atoms with van der Waals surface area (Å²) >= 11 is 0. The van der Waals surface area contributed by atoms with Gasteiger partial charge in [-0.15, -0.1) is 5.10 Å². The van der Waals surface area contributed by atoms with Crippen LogP contribution in [-0.2, 0) is 30.7 Å². The number of aromatic nitrogens is 2. The summed E-state index contributed by atoms with van der Waals surface area (Å²) in [5.41, 5.74) is 3.54. The van der Waals surface area contributed by atoms with Crippen molar-refractivity contribution in [1.29, 1.82) is 5.26 Å². The minimum Gasteiger partial charge on any atom is -0.467 e. The van der Waals surface area contributed by atoms with Crippen molar-refractivity contribution in [2.24, 2.45) is 0 Å². The predicted octanol–water partition coefficient (Wildman–Crippen LogP) is 3.09. The lowest BCUT2D eigenvalue weighted by Crippen LogP contribution is -2.16. The van der Waals surface area contributed by atoms with E-state index in [1.165, 1.54) is 12.1 Å². The number of ether oxygens (including phenoxy) is 2. The lowest BCUT2D eigenvalue weighted by Gasteiger charge is -2.21. The molecule has 0 amide bonds. The summed E-state index contributed by atoms with van der Waals surface area (Å²) < 4.78 is 24.5. The van der Waals surface area contributed by atoms with Gasteiger partial charge in [0, 0.05) is 17.7 Å². The number of hydrogen-bond acceptors (Lipinski definition) is 6. The molecule has 1 aromatic heterocycles. The summed E-state index contributed by atoms with van der Waals surface area (Å²) in [6, 6.07) is 5.03. The third kappa shape index (κ3) is 3.39. The molecule has 0 radical (unpaired) electrons. The standard InChI is InChI=1S/C18H19FN4O2/c1-3-14-15(7-20)18(23-22-16(14)4-2)21-8-11-5-13(19)6-12-9-24-10-25-17(11)12/h5-6H,3-4,8-10H2,1-2H3,(H,21,23). The molecule has 0 saturated carbocycles. The van der Waals surface area contributed by atoms with Gasteiger partial charge in [0.2, 0.25) is 0 Å². The van der Waals surface area contributed by atoms with E-state index in [2.05, 4.69) is 21.6 Å². The third-order valence-corrected chi connectivity index (χ3v) is 4.16. The van der Waals surface area contributed by atoms with Gasteiger partial charge in [0.25, 0.3) is 0 Å². The van der Waals surface area contributed by atoms with Crippen LogP contribution in [0.5, 0.6) is 5.75 Å². The van der Waals surface area contributed by atoms with E-state index in [4.69, 9.17) is 9.47 Å². The number of nitrogens with zero attached hydrogens (tertiary/aromatic N) is 3. The fourth-order valence-electron chi connectivity index (χ4n) is 2.98. The van der Waals surface area contributed by atoms with Crippen LogP contribution in [-0.4, -0.2) is 17.0 Å². The van der Waals surface area contributed by atoms with E-state index in [9.17, 15) is 9.65 Å². The fourth-order valence-corrected chi connectivity index (χ4v) is 2.98. The van der Waals surface area contributed by atoms with Gasteiger partial charge >= 0.3 is 0 Å². The number of rotatable bonds is 5. The van der Waals surface area contributed by atoms with Crippen molar-refractivity contribution < 1.29 is 13.9 Å². The normalized spacial score (nSPS) is 12.9. The summed E-state index contributed by atoms with van der Waals surface area (Å²) in [6.45, 7) is 4.69. The Kier molecular flexibility index (Phi) is 5.10. The van der Waals surface area contributed by atoms with Gasteiger partial charge in [0.05, 0.1) is 12.3 Å². The zero-order chi connectivity index (χ0) is 17.8. The van der Waals surface area contributed by atoms with Crippen LogP contribution in [0.2, 0.25) is 0 Å². The quantitative estimate of drug-likeness (QED) is 0.899. The van der Waals surface area contributed by atoms with Crippen LogP contribution in [0, 0.1) is 17.1 Å². The van der Waals surface area contributed by atoms with E-state index in [-0.39, 0.29) is 19.2 Å². The maximum atomic E-state index is 13.8. The first-order valence-electron chi connectivity index (χ1n) is 8.22. The molecular formula is C18H19FN4O2. The van der Waals surface area contributed by atoms with Crippen LogP contribution < -0.4 is 10.1 Å². The van der Waals surface area contributed by atoms with E-state index in [0.717, 1.165) is 17.7 Å².